The van der Waals surface area contributed by atoms with Gasteiger partial charge in [-0.25, -0.2) is 0 Å². The Morgan fingerprint density at radius 2 is 2.27 bits per heavy atom. The molecule has 0 bridgehead atoms. The Hall–Kier alpha value is -1.06. The number of carbonyl (C=O) groups is 2. The van der Waals surface area contributed by atoms with E-state index in [9.17, 15) is 9.59 Å². The van der Waals surface area contributed by atoms with Crippen LogP contribution in [0.2, 0.25) is 0 Å². The monoisotopic (exact) mass is 155 g/mol. The minimum absolute atomic E-state index is 0.0231. The molecule has 0 aromatic heterocycles. The summed E-state index contributed by atoms with van der Waals surface area (Å²) in [5.74, 6) is -0.190. The summed E-state index contributed by atoms with van der Waals surface area (Å²) >= 11 is 0. The Morgan fingerprint density at radius 3 is 2.91 bits per heavy atom. The summed E-state index contributed by atoms with van der Waals surface area (Å²) < 4.78 is 4.97. The van der Waals surface area contributed by atoms with Crippen LogP contribution in [0.3, 0.4) is 0 Å². The van der Waals surface area contributed by atoms with Gasteiger partial charge < -0.3 is 10.1 Å². The molecule has 4 nitrogen and oxygen atoms in total. The Kier molecular flexibility index (Phi) is 1.06. The summed E-state index contributed by atoms with van der Waals surface area (Å²) in [6, 6.07) is 0. The zero-order chi connectivity index (χ0) is 8.06. The van der Waals surface area contributed by atoms with Gasteiger partial charge in [-0.3, -0.25) is 9.59 Å². The van der Waals surface area contributed by atoms with Crippen LogP contribution in [0, 0.1) is 5.92 Å². The van der Waals surface area contributed by atoms with E-state index in [0.29, 0.717) is 12.8 Å². The van der Waals surface area contributed by atoms with Gasteiger partial charge in [0.25, 0.3) is 0 Å². The molecular weight excluding hydrogens is 146 g/mol. The first kappa shape index (κ1) is 6.64. The summed E-state index contributed by atoms with van der Waals surface area (Å²) in [6.45, 7) is 1.74. The van der Waals surface area contributed by atoms with E-state index in [-0.39, 0.29) is 17.8 Å². The number of hydrogen-bond acceptors (Lipinski definition) is 3. The maximum absolute atomic E-state index is 10.9. The van der Waals surface area contributed by atoms with E-state index in [1.807, 2.05) is 0 Å². The molecule has 2 saturated heterocycles. The second-order valence-electron chi connectivity index (χ2n) is 3.23. The van der Waals surface area contributed by atoms with Crippen molar-refractivity contribution >= 4 is 11.9 Å². The van der Waals surface area contributed by atoms with Crippen LogP contribution in [-0.2, 0) is 14.3 Å². The van der Waals surface area contributed by atoms with Crippen molar-refractivity contribution in [3.05, 3.63) is 0 Å². The molecule has 11 heavy (non-hydrogen) atoms. The maximum atomic E-state index is 10.9. The lowest BCUT2D eigenvalue weighted by Gasteiger charge is -2.20. The van der Waals surface area contributed by atoms with Crippen molar-refractivity contribution in [2.75, 3.05) is 0 Å². The van der Waals surface area contributed by atoms with Crippen molar-refractivity contribution in [3.8, 4) is 0 Å². The molecule has 60 valence electrons. The molecule has 0 spiro atoms. The summed E-state index contributed by atoms with van der Waals surface area (Å²) in [5, 5.41) is 2.64. The highest BCUT2D eigenvalue weighted by Gasteiger charge is 2.51. The zero-order valence-corrected chi connectivity index (χ0v) is 6.22. The van der Waals surface area contributed by atoms with Crippen molar-refractivity contribution in [2.24, 2.45) is 5.92 Å². The molecule has 2 rings (SSSR count). The summed E-state index contributed by atoms with van der Waals surface area (Å²) in [5.41, 5.74) is -0.700. The van der Waals surface area contributed by atoms with Gasteiger partial charge in [0.1, 0.15) is 0 Å². The van der Waals surface area contributed by atoms with E-state index in [2.05, 4.69) is 5.32 Å². The first-order chi connectivity index (χ1) is 5.10. The number of esters is 1. The third kappa shape index (κ3) is 0.818. The van der Waals surface area contributed by atoms with Crippen LogP contribution < -0.4 is 5.32 Å². The van der Waals surface area contributed by atoms with Gasteiger partial charge in [0.2, 0.25) is 5.91 Å². The van der Waals surface area contributed by atoms with E-state index < -0.39 is 5.72 Å². The van der Waals surface area contributed by atoms with E-state index in [4.69, 9.17) is 4.74 Å². The lowest BCUT2D eigenvalue weighted by molar-refractivity contribution is -0.150. The first-order valence-electron chi connectivity index (χ1n) is 3.63. The highest BCUT2D eigenvalue weighted by atomic mass is 16.6. The molecule has 0 radical (unpaired) electrons. The Morgan fingerprint density at radius 1 is 1.55 bits per heavy atom. The minimum Gasteiger partial charge on any atom is -0.439 e. The largest absolute Gasteiger partial charge is 0.439 e. The van der Waals surface area contributed by atoms with E-state index in [1.165, 1.54) is 0 Å². The molecule has 0 saturated carbocycles. The number of ether oxygens (including phenoxy) is 1. The minimum atomic E-state index is -0.700. The van der Waals surface area contributed by atoms with Gasteiger partial charge in [0.05, 0.1) is 6.42 Å². The summed E-state index contributed by atoms with van der Waals surface area (Å²) in [7, 11) is 0. The molecule has 0 aliphatic carbocycles. The van der Waals surface area contributed by atoms with Crippen LogP contribution in [-0.4, -0.2) is 17.6 Å². The number of nitrogens with one attached hydrogen (secondary N) is 1. The lowest BCUT2D eigenvalue weighted by Crippen LogP contribution is -2.41. The van der Waals surface area contributed by atoms with Gasteiger partial charge in [-0.05, 0) is 6.92 Å². The molecule has 2 aliphatic heterocycles. The predicted molar refractivity (Wildman–Crippen MR) is 35.4 cm³/mol. The summed E-state index contributed by atoms with van der Waals surface area (Å²) in [6.07, 6.45) is 0.789. The van der Waals surface area contributed by atoms with Crippen LogP contribution >= 0.6 is 0 Å². The molecule has 4 heteroatoms. The number of hydrogen-bond donors (Lipinski definition) is 1. The third-order valence-electron chi connectivity index (χ3n) is 2.34. The smallest absolute Gasteiger partial charge is 0.308 e. The molecule has 0 aromatic carbocycles. The van der Waals surface area contributed by atoms with Gasteiger partial charge in [0, 0.05) is 12.3 Å². The molecular formula is C7H9NO3. The average Bonchev–Trinajstić information content (AvgIpc) is 2.16. The van der Waals surface area contributed by atoms with Crippen molar-refractivity contribution in [2.45, 2.75) is 25.5 Å². The summed E-state index contributed by atoms with van der Waals surface area (Å²) in [4.78, 5) is 21.7. The Balaban J connectivity index is 2.25. The second-order valence-corrected chi connectivity index (χ2v) is 3.23. The van der Waals surface area contributed by atoms with Crippen LogP contribution in [0.15, 0.2) is 0 Å². The normalized spacial score (nSPS) is 41.7. The first-order valence-corrected chi connectivity index (χ1v) is 3.63. The van der Waals surface area contributed by atoms with Crippen molar-refractivity contribution in [1.29, 1.82) is 0 Å². The maximum Gasteiger partial charge on any atom is 0.308 e. The van der Waals surface area contributed by atoms with Gasteiger partial charge in [-0.1, -0.05) is 0 Å². The van der Waals surface area contributed by atoms with Crippen molar-refractivity contribution in [1.82, 2.24) is 5.32 Å². The average molecular weight is 155 g/mol. The van der Waals surface area contributed by atoms with E-state index >= 15 is 0 Å². The Bertz CT molecular complexity index is 216. The van der Waals surface area contributed by atoms with Crippen LogP contribution in [0.25, 0.3) is 0 Å². The zero-order valence-electron chi connectivity index (χ0n) is 6.22. The van der Waals surface area contributed by atoms with Gasteiger partial charge in [-0.2, -0.15) is 0 Å². The fourth-order valence-electron chi connectivity index (χ4n) is 1.70. The van der Waals surface area contributed by atoms with Crippen molar-refractivity contribution in [3.63, 3.8) is 0 Å². The predicted octanol–water partition coefficient (Wildman–Crippen LogP) is -0.214. The molecule has 0 aromatic rings. The molecule has 2 heterocycles. The number of amides is 1. The molecule has 2 aliphatic rings. The fraction of sp³-hybridized carbons (Fsp3) is 0.714. The fourth-order valence-corrected chi connectivity index (χ4v) is 1.70. The quantitative estimate of drug-likeness (QED) is 0.492. The SMILES string of the molecule is CC12NC(=O)CC1CC(=O)O2. The van der Waals surface area contributed by atoms with E-state index in [1.54, 1.807) is 6.92 Å². The van der Waals surface area contributed by atoms with E-state index in [0.717, 1.165) is 0 Å². The van der Waals surface area contributed by atoms with Crippen LogP contribution in [0.1, 0.15) is 19.8 Å². The number of carbonyl (C=O) groups excluding carboxylic acids is 2. The molecule has 1 N–H and O–H groups in total. The number of fused-ring (bicyclic) bond motifs is 1. The highest BCUT2D eigenvalue weighted by molar-refractivity contribution is 5.84. The molecule has 2 unspecified atom stereocenters. The van der Waals surface area contributed by atoms with Gasteiger partial charge in [-0.15, -0.1) is 0 Å². The molecule has 2 atom stereocenters. The van der Waals surface area contributed by atoms with Gasteiger partial charge >= 0.3 is 5.97 Å². The van der Waals surface area contributed by atoms with Crippen LogP contribution in [0.4, 0.5) is 0 Å². The standard InChI is InChI=1S/C7H9NO3/c1-7-4(2-5(9)8-7)3-6(10)11-7/h4H,2-3H2,1H3,(H,8,9). The topological polar surface area (TPSA) is 55.4 Å². The molecule has 2 fully saturated rings. The Labute approximate surface area is 63.9 Å². The van der Waals surface area contributed by atoms with Gasteiger partial charge in [0.15, 0.2) is 5.72 Å². The number of rotatable bonds is 0. The van der Waals surface area contributed by atoms with Crippen molar-refractivity contribution < 1.29 is 14.3 Å². The third-order valence-corrected chi connectivity index (χ3v) is 2.34. The van der Waals surface area contributed by atoms with Crippen LogP contribution in [0.5, 0.6) is 0 Å². The second kappa shape index (κ2) is 1.75. The molecule has 1 amide bonds. The lowest BCUT2D eigenvalue weighted by atomic mass is 9.98. The highest BCUT2D eigenvalue weighted by Crippen LogP contribution is 2.37.